The van der Waals surface area contributed by atoms with Crippen LogP contribution < -0.4 is 15.0 Å². The molecule has 0 spiro atoms. The van der Waals surface area contributed by atoms with Gasteiger partial charge >= 0.3 is 0 Å². The molecule has 0 saturated carbocycles. The van der Waals surface area contributed by atoms with Crippen molar-refractivity contribution >= 4 is 40.9 Å². The molecule has 0 atom stereocenters. The molecule has 0 unspecified atom stereocenters. The van der Waals surface area contributed by atoms with E-state index in [1.54, 1.807) is 36.4 Å². The largest absolute Gasteiger partial charge is 0.478 e. The second-order valence-electron chi connectivity index (χ2n) is 5.78. The topological polar surface area (TPSA) is 82.4 Å². The molecule has 2 amide bonds. The van der Waals surface area contributed by atoms with Crippen LogP contribution in [0.2, 0.25) is 0 Å². The Morgan fingerprint density at radius 3 is 2.59 bits per heavy atom. The standard InChI is InChI=1S/C20H15N3O3S/c1-13-6-8-15(9-7-13)23-19(25)16(18(24)22-20(23)27)12-14-4-2-3-5-17(14)26-11-10-21/h2-9,12H,11H2,1H3,(H,22,24,27)/b16-12+. The molecule has 0 aliphatic carbocycles. The van der Waals surface area contributed by atoms with E-state index in [0.29, 0.717) is 17.0 Å². The highest BCUT2D eigenvalue weighted by Crippen LogP contribution is 2.25. The molecule has 0 radical (unpaired) electrons. The Labute approximate surface area is 161 Å². The van der Waals surface area contributed by atoms with Gasteiger partial charge in [0.25, 0.3) is 11.8 Å². The lowest BCUT2D eigenvalue weighted by Gasteiger charge is -2.29. The molecule has 6 nitrogen and oxygen atoms in total. The van der Waals surface area contributed by atoms with Crippen molar-refractivity contribution in [2.75, 3.05) is 11.5 Å². The van der Waals surface area contributed by atoms with E-state index in [9.17, 15) is 9.59 Å². The molecule has 1 aliphatic rings. The number of amides is 2. The van der Waals surface area contributed by atoms with Crippen molar-refractivity contribution in [3.8, 4) is 11.8 Å². The molecule has 2 aromatic rings. The Hall–Kier alpha value is -3.50. The van der Waals surface area contributed by atoms with Crippen LogP contribution in [0.25, 0.3) is 6.08 Å². The molecule has 1 fully saturated rings. The molecule has 1 aliphatic heterocycles. The summed E-state index contributed by atoms with van der Waals surface area (Å²) in [6, 6.07) is 16.0. The number of hydrogen-bond acceptors (Lipinski definition) is 5. The van der Waals surface area contributed by atoms with Gasteiger partial charge in [0, 0.05) is 5.56 Å². The SMILES string of the molecule is Cc1ccc(N2C(=O)/C(=C/c3ccccc3OCC#N)C(=O)NC2=S)cc1. The number of anilines is 1. The maximum Gasteiger partial charge on any atom is 0.270 e. The van der Waals surface area contributed by atoms with Gasteiger partial charge < -0.3 is 4.74 Å². The maximum atomic E-state index is 13.0. The summed E-state index contributed by atoms with van der Waals surface area (Å²) in [4.78, 5) is 26.6. The number of ether oxygens (including phenoxy) is 1. The summed E-state index contributed by atoms with van der Waals surface area (Å²) >= 11 is 5.18. The molecule has 1 saturated heterocycles. The van der Waals surface area contributed by atoms with Crippen LogP contribution in [0.4, 0.5) is 5.69 Å². The minimum Gasteiger partial charge on any atom is -0.478 e. The predicted octanol–water partition coefficient (Wildman–Crippen LogP) is 2.73. The van der Waals surface area contributed by atoms with E-state index in [-0.39, 0.29) is 17.3 Å². The highest BCUT2D eigenvalue weighted by atomic mass is 32.1. The van der Waals surface area contributed by atoms with Crippen LogP contribution in [0.5, 0.6) is 5.75 Å². The normalized spacial score (nSPS) is 15.5. The van der Waals surface area contributed by atoms with Gasteiger partial charge in [-0.15, -0.1) is 0 Å². The number of nitriles is 1. The van der Waals surface area contributed by atoms with Crippen molar-refractivity contribution in [2.45, 2.75) is 6.92 Å². The third kappa shape index (κ3) is 3.86. The summed E-state index contributed by atoms with van der Waals surface area (Å²) < 4.78 is 5.36. The van der Waals surface area contributed by atoms with Gasteiger partial charge in [-0.3, -0.25) is 19.8 Å². The molecular weight excluding hydrogens is 362 g/mol. The van der Waals surface area contributed by atoms with E-state index in [0.717, 1.165) is 5.56 Å². The molecule has 3 rings (SSSR count). The first kappa shape index (κ1) is 18.3. The van der Waals surface area contributed by atoms with Gasteiger partial charge in [-0.05, 0) is 43.4 Å². The first-order chi connectivity index (χ1) is 13.0. The van der Waals surface area contributed by atoms with Crippen LogP contribution in [0, 0.1) is 18.3 Å². The number of thiocarbonyl (C=S) groups is 1. The zero-order valence-electron chi connectivity index (χ0n) is 14.4. The first-order valence-electron chi connectivity index (χ1n) is 8.08. The highest BCUT2D eigenvalue weighted by molar-refractivity contribution is 7.80. The van der Waals surface area contributed by atoms with Crippen molar-refractivity contribution in [3.05, 3.63) is 65.2 Å². The van der Waals surface area contributed by atoms with Gasteiger partial charge in [-0.25, -0.2) is 0 Å². The monoisotopic (exact) mass is 377 g/mol. The average molecular weight is 377 g/mol. The van der Waals surface area contributed by atoms with Gasteiger partial charge in [0.1, 0.15) is 17.4 Å². The molecule has 2 aromatic carbocycles. The minimum absolute atomic E-state index is 0.0278. The maximum absolute atomic E-state index is 13.0. The number of benzene rings is 2. The third-order valence-electron chi connectivity index (χ3n) is 3.90. The highest BCUT2D eigenvalue weighted by Gasteiger charge is 2.34. The summed E-state index contributed by atoms with van der Waals surface area (Å²) in [7, 11) is 0. The summed E-state index contributed by atoms with van der Waals surface area (Å²) in [6.07, 6.45) is 1.44. The van der Waals surface area contributed by atoms with E-state index in [2.05, 4.69) is 5.32 Å². The Morgan fingerprint density at radius 1 is 1.19 bits per heavy atom. The fourth-order valence-electron chi connectivity index (χ4n) is 2.58. The van der Waals surface area contributed by atoms with E-state index in [1.807, 2.05) is 25.1 Å². The smallest absolute Gasteiger partial charge is 0.270 e. The number of aryl methyl sites for hydroxylation is 1. The van der Waals surface area contributed by atoms with Crippen LogP contribution in [0.3, 0.4) is 0 Å². The average Bonchev–Trinajstić information content (AvgIpc) is 2.65. The molecule has 27 heavy (non-hydrogen) atoms. The first-order valence-corrected chi connectivity index (χ1v) is 8.49. The summed E-state index contributed by atoms with van der Waals surface area (Å²) in [6.45, 7) is 1.80. The number of para-hydroxylation sites is 1. The quantitative estimate of drug-likeness (QED) is 0.503. The van der Waals surface area contributed by atoms with Crippen LogP contribution in [0.1, 0.15) is 11.1 Å². The Kier molecular flexibility index (Phi) is 5.29. The second-order valence-corrected chi connectivity index (χ2v) is 6.16. The third-order valence-corrected chi connectivity index (χ3v) is 4.19. The van der Waals surface area contributed by atoms with Crippen LogP contribution >= 0.6 is 12.2 Å². The van der Waals surface area contributed by atoms with Crippen molar-refractivity contribution < 1.29 is 14.3 Å². The van der Waals surface area contributed by atoms with E-state index >= 15 is 0 Å². The van der Waals surface area contributed by atoms with Crippen molar-refractivity contribution in [1.82, 2.24) is 5.32 Å². The lowest BCUT2D eigenvalue weighted by molar-refractivity contribution is -0.122. The lowest BCUT2D eigenvalue weighted by atomic mass is 10.1. The van der Waals surface area contributed by atoms with Crippen molar-refractivity contribution in [2.24, 2.45) is 0 Å². The zero-order chi connectivity index (χ0) is 19.4. The van der Waals surface area contributed by atoms with Crippen molar-refractivity contribution in [3.63, 3.8) is 0 Å². The number of nitrogens with zero attached hydrogens (tertiary/aromatic N) is 2. The molecule has 7 heteroatoms. The van der Waals surface area contributed by atoms with E-state index in [4.69, 9.17) is 22.2 Å². The fraction of sp³-hybridized carbons (Fsp3) is 0.100. The summed E-state index contributed by atoms with van der Waals surface area (Å²) in [5.74, 6) is -0.701. The van der Waals surface area contributed by atoms with Crippen LogP contribution in [-0.2, 0) is 9.59 Å². The minimum atomic E-state index is -0.580. The van der Waals surface area contributed by atoms with Gasteiger partial charge in [0.05, 0.1) is 5.69 Å². The second kappa shape index (κ2) is 7.81. The number of rotatable bonds is 4. The fourth-order valence-corrected chi connectivity index (χ4v) is 2.86. The molecule has 134 valence electrons. The van der Waals surface area contributed by atoms with E-state index < -0.39 is 11.8 Å². The predicted molar refractivity (Wildman–Crippen MR) is 105 cm³/mol. The van der Waals surface area contributed by atoms with Gasteiger partial charge in [0.2, 0.25) is 0 Å². The van der Waals surface area contributed by atoms with Crippen LogP contribution in [-0.4, -0.2) is 23.5 Å². The molecule has 0 aromatic heterocycles. The summed E-state index contributed by atoms with van der Waals surface area (Å²) in [5, 5.41) is 11.3. The summed E-state index contributed by atoms with van der Waals surface area (Å²) in [5.41, 5.74) is 2.05. The number of nitrogens with one attached hydrogen (secondary N) is 1. The number of hydrogen-bond donors (Lipinski definition) is 1. The Morgan fingerprint density at radius 2 is 1.89 bits per heavy atom. The van der Waals surface area contributed by atoms with E-state index in [1.165, 1.54) is 11.0 Å². The molecule has 1 heterocycles. The van der Waals surface area contributed by atoms with Crippen molar-refractivity contribution in [1.29, 1.82) is 5.26 Å². The van der Waals surface area contributed by atoms with Gasteiger partial charge in [-0.1, -0.05) is 35.9 Å². The molecular formula is C20H15N3O3S. The van der Waals surface area contributed by atoms with Gasteiger partial charge in [0.15, 0.2) is 11.7 Å². The Bertz CT molecular complexity index is 990. The van der Waals surface area contributed by atoms with Gasteiger partial charge in [-0.2, -0.15) is 5.26 Å². The molecule has 1 N–H and O–H groups in total. The zero-order valence-corrected chi connectivity index (χ0v) is 15.2. The molecule has 0 bridgehead atoms. The lowest BCUT2D eigenvalue weighted by Crippen LogP contribution is -2.54. The number of carbonyl (C=O) groups excluding carboxylic acids is 2. The Balaban J connectivity index is 2.00. The number of carbonyl (C=O) groups is 2. The van der Waals surface area contributed by atoms with Crippen LogP contribution in [0.15, 0.2) is 54.1 Å².